The van der Waals surface area contributed by atoms with Crippen LogP contribution in [0.5, 0.6) is 0 Å². The first-order chi connectivity index (χ1) is 9.97. The smallest absolute Gasteiger partial charge is 0.253 e. The molecule has 3 nitrogen and oxygen atoms in total. The van der Waals surface area contributed by atoms with E-state index in [0.717, 1.165) is 16.7 Å². The lowest BCUT2D eigenvalue weighted by molar-refractivity contribution is 0.0785. The minimum atomic E-state index is -0.00396. The minimum Gasteiger partial charge on any atom is -0.389 e. The molecule has 0 atom stereocenters. The summed E-state index contributed by atoms with van der Waals surface area (Å²) in [5.41, 5.74) is 9.28. The van der Waals surface area contributed by atoms with Crippen LogP contribution in [0.1, 0.15) is 27.0 Å². The molecule has 2 rings (SSSR count). The van der Waals surface area contributed by atoms with Crippen molar-refractivity contribution in [1.82, 2.24) is 4.90 Å². The average Bonchev–Trinajstić information content (AvgIpc) is 2.47. The van der Waals surface area contributed by atoms with E-state index < -0.39 is 0 Å². The van der Waals surface area contributed by atoms with Crippen molar-refractivity contribution in [2.24, 2.45) is 5.73 Å². The Morgan fingerprint density at radius 1 is 1.14 bits per heavy atom. The zero-order valence-electron chi connectivity index (χ0n) is 12.2. The van der Waals surface area contributed by atoms with Crippen LogP contribution < -0.4 is 5.73 Å². The van der Waals surface area contributed by atoms with Gasteiger partial charge in [-0.05, 0) is 30.7 Å². The van der Waals surface area contributed by atoms with Crippen molar-refractivity contribution in [3.63, 3.8) is 0 Å². The molecule has 0 radical (unpaired) electrons. The zero-order valence-corrected chi connectivity index (χ0v) is 13.0. The third-order valence-electron chi connectivity index (χ3n) is 3.28. The molecule has 0 aliphatic rings. The van der Waals surface area contributed by atoms with Gasteiger partial charge in [-0.15, -0.1) is 0 Å². The summed E-state index contributed by atoms with van der Waals surface area (Å²) >= 11 is 4.97. The van der Waals surface area contributed by atoms with E-state index in [9.17, 15) is 4.79 Å². The first-order valence-corrected chi connectivity index (χ1v) is 7.09. The lowest BCUT2D eigenvalue weighted by Crippen LogP contribution is -2.26. The number of rotatable bonds is 4. The molecule has 21 heavy (non-hydrogen) atoms. The Morgan fingerprint density at radius 3 is 2.43 bits per heavy atom. The second-order valence-corrected chi connectivity index (χ2v) is 5.53. The summed E-state index contributed by atoms with van der Waals surface area (Å²) in [5.74, 6) is -0.00396. The van der Waals surface area contributed by atoms with Crippen LogP contribution in [0.25, 0.3) is 0 Å². The number of thiocarbonyl (C=S) groups is 1. The maximum absolute atomic E-state index is 12.4. The van der Waals surface area contributed by atoms with Crippen LogP contribution in [0.15, 0.2) is 48.5 Å². The van der Waals surface area contributed by atoms with E-state index in [0.29, 0.717) is 17.1 Å². The van der Waals surface area contributed by atoms with Crippen LogP contribution in [0.3, 0.4) is 0 Å². The van der Waals surface area contributed by atoms with Crippen molar-refractivity contribution < 1.29 is 4.79 Å². The fraction of sp³-hybridized carbons (Fsp3) is 0.176. The fourth-order valence-electron chi connectivity index (χ4n) is 2.09. The Bertz CT molecular complexity index is 665. The lowest BCUT2D eigenvalue weighted by atomic mass is 10.1. The van der Waals surface area contributed by atoms with Crippen LogP contribution in [0.2, 0.25) is 0 Å². The van der Waals surface area contributed by atoms with Crippen LogP contribution in [0, 0.1) is 6.92 Å². The van der Waals surface area contributed by atoms with Gasteiger partial charge in [-0.1, -0.05) is 48.1 Å². The lowest BCUT2D eigenvalue weighted by Gasteiger charge is -2.18. The van der Waals surface area contributed by atoms with Crippen molar-refractivity contribution in [3.8, 4) is 0 Å². The highest BCUT2D eigenvalue weighted by molar-refractivity contribution is 7.80. The SMILES string of the molecule is Cc1ccc(C(=O)N(C)Cc2cccc(C(N)=S)c2)cc1. The van der Waals surface area contributed by atoms with Gasteiger partial charge in [-0.3, -0.25) is 4.79 Å². The number of carbonyl (C=O) groups excluding carboxylic acids is 1. The molecule has 0 aromatic heterocycles. The Balaban J connectivity index is 2.12. The predicted molar refractivity (Wildman–Crippen MR) is 89.3 cm³/mol. The molecule has 1 amide bonds. The van der Waals surface area contributed by atoms with Gasteiger partial charge < -0.3 is 10.6 Å². The van der Waals surface area contributed by atoms with E-state index in [-0.39, 0.29) is 5.91 Å². The highest BCUT2D eigenvalue weighted by Gasteiger charge is 2.12. The number of hydrogen-bond acceptors (Lipinski definition) is 2. The summed E-state index contributed by atoms with van der Waals surface area (Å²) in [4.78, 5) is 14.4. The molecule has 2 aromatic carbocycles. The first kappa shape index (κ1) is 15.2. The van der Waals surface area contributed by atoms with E-state index >= 15 is 0 Å². The molecule has 0 bridgehead atoms. The first-order valence-electron chi connectivity index (χ1n) is 6.68. The Morgan fingerprint density at radius 2 is 1.81 bits per heavy atom. The summed E-state index contributed by atoms with van der Waals surface area (Å²) in [6.45, 7) is 2.52. The number of carbonyl (C=O) groups is 1. The Kier molecular flexibility index (Phi) is 4.70. The van der Waals surface area contributed by atoms with Gasteiger partial charge in [-0.25, -0.2) is 0 Å². The molecule has 0 unspecified atom stereocenters. The molecule has 0 spiro atoms. The van der Waals surface area contributed by atoms with Crippen molar-refractivity contribution in [3.05, 3.63) is 70.8 Å². The third-order valence-corrected chi connectivity index (χ3v) is 3.51. The number of hydrogen-bond donors (Lipinski definition) is 1. The van der Waals surface area contributed by atoms with E-state index in [2.05, 4.69) is 0 Å². The standard InChI is InChI=1S/C17H18N2OS/c1-12-6-8-14(9-7-12)17(20)19(2)11-13-4-3-5-15(10-13)16(18)21/h3-10H,11H2,1-2H3,(H2,18,21). The molecular weight excluding hydrogens is 280 g/mol. The molecule has 4 heteroatoms. The predicted octanol–water partition coefficient (Wildman–Crippen LogP) is 2.90. The monoisotopic (exact) mass is 298 g/mol. The molecule has 0 saturated heterocycles. The molecule has 0 aliphatic carbocycles. The van der Waals surface area contributed by atoms with Gasteiger partial charge in [0.2, 0.25) is 0 Å². The number of nitrogens with two attached hydrogens (primary N) is 1. The molecule has 108 valence electrons. The second-order valence-electron chi connectivity index (χ2n) is 5.09. The van der Waals surface area contributed by atoms with Crippen molar-refractivity contribution in [2.75, 3.05) is 7.05 Å². The van der Waals surface area contributed by atoms with Crippen molar-refractivity contribution in [2.45, 2.75) is 13.5 Å². The van der Waals surface area contributed by atoms with Gasteiger partial charge in [-0.2, -0.15) is 0 Å². The maximum Gasteiger partial charge on any atom is 0.253 e. The summed E-state index contributed by atoms with van der Waals surface area (Å²) < 4.78 is 0. The van der Waals surface area contributed by atoms with Crippen LogP contribution in [-0.2, 0) is 6.54 Å². The summed E-state index contributed by atoms with van der Waals surface area (Å²) in [6, 6.07) is 15.2. The van der Waals surface area contributed by atoms with Gasteiger partial charge >= 0.3 is 0 Å². The van der Waals surface area contributed by atoms with Gasteiger partial charge in [0, 0.05) is 24.7 Å². The highest BCUT2D eigenvalue weighted by atomic mass is 32.1. The largest absolute Gasteiger partial charge is 0.389 e. The van der Waals surface area contributed by atoms with Gasteiger partial charge in [0.15, 0.2) is 0 Å². The minimum absolute atomic E-state index is 0.00396. The molecule has 0 aliphatic heterocycles. The molecular formula is C17H18N2OS. The van der Waals surface area contributed by atoms with Crippen LogP contribution in [0.4, 0.5) is 0 Å². The van der Waals surface area contributed by atoms with Crippen LogP contribution >= 0.6 is 12.2 Å². The average molecular weight is 298 g/mol. The third kappa shape index (κ3) is 3.89. The Labute approximate surface area is 130 Å². The van der Waals surface area contributed by atoms with Gasteiger partial charge in [0.05, 0.1) is 0 Å². The van der Waals surface area contributed by atoms with E-state index in [1.54, 1.807) is 11.9 Å². The van der Waals surface area contributed by atoms with E-state index in [4.69, 9.17) is 18.0 Å². The van der Waals surface area contributed by atoms with Gasteiger partial charge in [0.25, 0.3) is 5.91 Å². The maximum atomic E-state index is 12.4. The number of benzene rings is 2. The topological polar surface area (TPSA) is 46.3 Å². The van der Waals surface area contributed by atoms with E-state index in [1.165, 1.54) is 0 Å². The van der Waals surface area contributed by atoms with Crippen LogP contribution in [-0.4, -0.2) is 22.8 Å². The summed E-state index contributed by atoms with van der Waals surface area (Å²) in [5, 5.41) is 0. The molecule has 2 N–H and O–H groups in total. The van der Waals surface area contributed by atoms with Crippen molar-refractivity contribution in [1.29, 1.82) is 0 Å². The highest BCUT2D eigenvalue weighted by Crippen LogP contribution is 2.11. The fourth-order valence-corrected chi connectivity index (χ4v) is 2.21. The number of nitrogens with zero attached hydrogens (tertiary/aromatic N) is 1. The zero-order chi connectivity index (χ0) is 15.4. The van der Waals surface area contributed by atoms with E-state index in [1.807, 2.05) is 55.5 Å². The number of amides is 1. The Hall–Kier alpha value is -2.20. The number of aryl methyl sites for hydroxylation is 1. The molecule has 0 saturated carbocycles. The molecule has 0 heterocycles. The van der Waals surface area contributed by atoms with Gasteiger partial charge in [0.1, 0.15) is 4.99 Å². The summed E-state index contributed by atoms with van der Waals surface area (Å²) in [7, 11) is 1.79. The summed E-state index contributed by atoms with van der Waals surface area (Å²) in [6.07, 6.45) is 0. The normalized spacial score (nSPS) is 10.2. The quantitative estimate of drug-likeness (QED) is 0.883. The molecule has 0 fully saturated rings. The van der Waals surface area contributed by atoms with Crippen molar-refractivity contribution >= 4 is 23.1 Å². The second kappa shape index (κ2) is 6.50. The molecule has 2 aromatic rings.